The molecule has 0 unspecified atom stereocenters. The summed E-state index contributed by atoms with van der Waals surface area (Å²) in [4.78, 5) is 2.04. The van der Waals surface area contributed by atoms with Gasteiger partial charge < -0.3 is 5.11 Å². The van der Waals surface area contributed by atoms with Crippen LogP contribution < -0.4 is 0 Å². The van der Waals surface area contributed by atoms with Gasteiger partial charge in [0.15, 0.2) is 9.84 Å². The number of halogens is 1. The van der Waals surface area contributed by atoms with Crippen LogP contribution in [0.4, 0.5) is 0 Å². The van der Waals surface area contributed by atoms with Crippen LogP contribution in [0.25, 0.3) is 0 Å². The van der Waals surface area contributed by atoms with Crippen molar-refractivity contribution in [3.63, 3.8) is 0 Å². The quantitative estimate of drug-likeness (QED) is 0.895. The first-order valence-corrected chi connectivity index (χ1v) is 7.98. The Morgan fingerprint density at radius 3 is 2.59 bits per heavy atom. The molecule has 94 valence electrons. The predicted octanol–water partition coefficient (Wildman–Crippen LogP) is 1.39. The summed E-state index contributed by atoms with van der Waals surface area (Å²) in [6.45, 7) is 1.66. The third-order valence-electron chi connectivity index (χ3n) is 2.90. The molecule has 2 rings (SSSR count). The molecule has 1 aliphatic heterocycles. The molecule has 0 spiro atoms. The second kappa shape index (κ2) is 4.96. The zero-order chi connectivity index (χ0) is 12.5. The monoisotopic (exact) mass is 319 g/mol. The molecule has 1 aliphatic rings. The van der Waals surface area contributed by atoms with Gasteiger partial charge in [-0.3, -0.25) is 4.90 Å². The molecule has 1 saturated heterocycles. The van der Waals surface area contributed by atoms with Crippen molar-refractivity contribution in [2.75, 3.05) is 24.6 Å². The average Bonchev–Trinajstić information content (AvgIpc) is 2.27. The van der Waals surface area contributed by atoms with Crippen LogP contribution in [-0.2, 0) is 16.4 Å². The minimum absolute atomic E-state index is 0.210. The van der Waals surface area contributed by atoms with E-state index in [0.29, 0.717) is 24.1 Å². The van der Waals surface area contributed by atoms with E-state index in [0.717, 1.165) is 5.56 Å². The van der Waals surface area contributed by atoms with E-state index in [1.165, 1.54) is 0 Å². The van der Waals surface area contributed by atoms with Crippen molar-refractivity contribution >= 4 is 25.8 Å². The molecule has 1 aromatic rings. The first kappa shape index (κ1) is 12.9. The van der Waals surface area contributed by atoms with Gasteiger partial charge in [0.1, 0.15) is 5.75 Å². The molecule has 0 bridgehead atoms. The van der Waals surface area contributed by atoms with Crippen LogP contribution in [0.1, 0.15) is 5.56 Å². The first-order valence-electron chi connectivity index (χ1n) is 5.37. The number of hydrogen-bond acceptors (Lipinski definition) is 4. The van der Waals surface area contributed by atoms with Crippen LogP contribution in [0.2, 0.25) is 0 Å². The molecule has 4 nitrogen and oxygen atoms in total. The fourth-order valence-electron chi connectivity index (χ4n) is 1.84. The van der Waals surface area contributed by atoms with E-state index >= 15 is 0 Å². The van der Waals surface area contributed by atoms with Gasteiger partial charge in [0, 0.05) is 25.2 Å². The van der Waals surface area contributed by atoms with E-state index < -0.39 is 9.84 Å². The molecule has 6 heteroatoms. The fourth-order valence-corrected chi connectivity index (χ4v) is 3.52. The summed E-state index contributed by atoms with van der Waals surface area (Å²) in [6.07, 6.45) is 0. The highest BCUT2D eigenvalue weighted by molar-refractivity contribution is 9.10. The van der Waals surface area contributed by atoms with Crippen molar-refractivity contribution in [3.05, 3.63) is 28.2 Å². The highest BCUT2D eigenvalue weighted by Gasteiger charge is 2.22. The smallest absolute Gasteiger partial charge is 0.152 e. The maximum absolute atomic E-state index is 11.3. The maximum Gasteiger partial charge on any atom is 0.152 e. The topological polar surface area (TPSA) is 57.6 Å². The van der Waals surface area contributed by atoms with E-state index in [9.17, 15) is 13.5 Å². The molecule has 0 radical (unpaired) electrons. The highest BCUT2D eigenvalue weighted by Crippen LogP contribution is 2.28. The third-order valence-corrected chi connectivity index (χ3v) is 5.15. The molecule has 0 aromatic heterocycles. The van der Waals surface area contributed by atoms with Crippen LogP contribution in [0.5, 0.6) is 5.75 Å². The predicted molar refractivity (Wildman–Crippen MR) is 69.7 cm³/mol. The number of para-hydroxylation sites is 1. The van der Waals surface area contributed by atoms with Crippen LogP contribution in [0.15, 0.2) is 22.7 Å². The summed E-state index contributed by atoms with van der Waals surface area (Å²) in [6, 6.07) is 5.49. The molecule has 0 atom stereocenters. The molecular weight excluding hydrogens is 306 g/mol. The number of rotatable bonds is 2. The minimum Gasteiger partial charge on any atom is -0.506 e. The first-order chi connectivity index (χ1) is 7.98. The van der Waals surface area contributed by atoms with Gasteiger partial charge in [-0.15, -0.1) is 0 Å². The number of benzene rings is 1. The van der Waals surface area contributed by atoms with Gasteiger partial charge in [0.05, 0.1) is 16.0 Å². The van der Waals surface area contributed by atoms with E-state index in [2.05, 4.69) is 15.9 Å². The molecule has 1 N–H and O–H groups in total. The van der Waals surface area contributed by atoms with Gasteiger partial charge in [-0.1, -0.05) is 12.1 Å². The molecular formula is C11H14BrNO3S. The Kier molecular flexibility index (Phi) is 3.75. The maximum atomic E-state index is 11.3. The van der Waals surface area contributed by atoms with E-state index in [-0.39, 0.29) is 17.3 Å². The van der Waals surface area contributed by atoms with Crippen molar-refractivity contribution in [3.8, 4) is 5.75 Å². The summed E-state index contributed by atoms with van der Waals surface area (Å²) in [7, 11) is -2.84. The lowest BCUT2D eigenvalue weighted by atomic mass is 10.2. The van der Waals surface area contributed by atoms with Gasteiger partial charge in [-0.2, -0.15) is 0 Å². The molecule has 1 heterocycles. The van der Waals surface area contributed by atoms with Crippen molar-refractivity contribution in [2.24, 2.45) is 0 Å². The standard InChI is InChI=1S/C11H14BrNO3S/c12-10-3-1-2-9(11(10)14)8-13-4-6-17(15,16)7-5-13/h1-3,14H,4-8H2. The average molecular weight is 320 g/mol. The van der Waals surface area contributed by atoms with Crippen LogP contribution in [0, 0.1) is 0 Å². The van der Waals surface area contributed by atoms with E-state index in [1.807, 2.05) is 17.0 Å². The fraction of sp³-hybridized carbons (Fsp3) is 0.455. The second-order valence-corrected chi connectivity index (χ2v) is 7.33. The molecule has 17 heavy (non-hydrogen) atoms. The number of nitrogens with zero attached hydrogens (tertiary/aromatic N) is 1. The number of phenols is 1. The normalized spacial score (nSPS) is 20.3. The highest BCUT2D eigenvalue weighted by atomic mass is 79.9. The lowest BCUT2D eigenvalue weighted by Gasteiger charge is -2.26. The summed E-state index contributed by atoms with van der Waals surface area (Å²) >= 11 is 3.26. The SMILES string of the molecule is O=S1(=O)CCN(Cc2cccc(Br)c2O)CC1. The van der Waals surface area contributed by atoms with Gasteiger partial charge in [-0.05, 0) is 22.0 Å². The third kappa shape index (κ3) is 3.20. The molecule has 1 fully saturated rings. The van der Waals surface area contributed by atoms with Gasteiger partial charge in [-0.25, -0.2) is 8.42 Å². The van der Waals surface area contributed by atoms with Gasteiger partial charge in [0.2, 0.25) is 0 Å². The van der Waals surface area contributed by atoms with Gasteiger partial charge >= 0.3 is 0 Å². The Hall–Kier alpha value is -0.590. The minimum atomic E-state index is -2.84. The Morgan fingerprint density at radius 1 is 1.29 bits per heavy atom. The zero-order valence-corrected chi connectivity index (χ0v) is 11.7. The van der Waals surface area contributed by atoms with Crippen LogP contribution in [-0.4, -0.2) is 43.0 Å². The summed E-state index contributed by atoms with van der Waals surface area (Å²) in [5.74, 6) is 0.657. The lowest BCUT2D eigenvalue weighted by molar-refractivity contribution is 0.283. The van der Waals surface area contributed by atoms with E-state index in [4.69, 9.17) is 0 Å². The Balaban J connectivity index is 2.05. The Labute approximate surface area is 109 Å². The largest absolute Gasteiger partial charge is 0.506 e. The summed E-state index contributed by atoms with van der Waals surface area (Å²) in [5.41, 5.74) is 0.818. The molecule has 0 aliphatic carbocycles. The number of sulfone groups is 1. The van der Waals surface area contributed by atoms with E-state index in [1.54, 1.807) is 6.07 Å². The van der Waals surface area contributed by atoms with Crippen LogP contribution >= 0.6 is 15.9 Å². The second-order valence-electron chi connectivity index (χ2n) is 4.18. The Morgan fingerprint density at radius 2 is 1.94 bits per heavy atom. The summed E-state index contributed by atoms with van der Waals surface area (Å²) in [5, 5.41) is 9.84. The van der Waals surface area contributed by atoms with Crippen molar-refractivity contribution in [1.82, 2.24) is 4.90 Å². The van der Waals surface area contributed by atoms with Crippen LogP contribution in [0.3, 0.4) is 0 Å². The lowest BCUT2D eigenvalue weighted by Crippen LogP contribution is -2.39. The zero-order valence-electron chi connectivity index (χ0n) is 9.26. The molecule has 0 saturated carbocycles. The molecule has 1 aromatic carbocycles. The summed E-state index contributed by atoms with van der Waals surface area (Å²) < 4.78 is 23.2. The number of phenolic OH excluding ortho intramolecular Hbond substituents is 1. The van der Waals surface area contributed by atoms with Crippen molar-refractivity contribution in [1.29, 1.82) is 0 Å². The Bertz CT molecular complexity index is 501. The van der Waals surface area contributed by atoms with Crippen molar-refractivity contribution < 1.29 is 13.5 Å². The van der Waals surface area contributed by atoms with Gasteiger partial charge in [0.25, 0.3) is 0 Å². The van der Waals surface area contributed by atoms with Crippen molar-refractivity contribution in [2.45, 2.75) is 6.54 Å². The number of aromatic hydroxyl groups is 1. The number of hydrogen-bond donors (Lipinski definition) is 1. The molecule has 0 amide bonds.